The molecular formula is C17H27N3OS. The summed E-state index contributed by atoms with van der Waals surface area (Å²) in [4.78, 5) is 19.7. The number of hydrogen-bond acceptors (Lipinski definition) is 4. The van der Waals surface area contributed by atoms with E-state index in [1.165, 1.54) is 5.56 Å². The van der Waals surface area contributed by atoms with E-state index in [0.29, 0.717) is 5.91 Å². The maximum absolute atomic E-state index is 12.8. The van der Waals surface area contributed by atoms with Gasteiger partial charge in [0.2, 0.25) is 5.91 Å². The molecule has 0 aliphatic carbocycles. The van der Waals surface area contributed by atoms with Crippen LogP contribution in [0.1, 0.15) is 24.8 Å². The number of hydrogen-bond donors (Lipinski definition) is 0. The molecule has 1 aromatic rings. The Morgan fingerprint density at radius 3 is 2.91 bits per heavy atom. The monoisotopic (exact) mass is 321 g/mol. The Morgan fingerprint density at radius 1 is 1.23 bits per heavy atom. The van der Waals surface area contributed by atoms with Crippen molar-refractivity contribution in [1.82, 2.24) is 14.7 Å². The van der Waals surface area contributed by atoms with Gasteiger partial charge in [0.05, 0.1) is 5.92 Å². The molecule has 2 aliphatic rings. The molecule has 0 bridgehead atoms. The lowest BCUT2D eigenvalue weighted by Crippen LogP contribution is -2.44. The summed E-state index contributed by atoms with van der Waals surface area (Å²) in [5.41, 5.74) is 1.40. The lowest BCUT2D eigenvalue weighted by Gasteiger charge is -2.32. The zero-order valence-electron chi connectivity index (χ0n) is 13.5. The Labute approximate surface area is 137 Å². The molecule has 3 heterocycles. The van der Waals surface area contributed by atoms with Gasteiger partial charge < -0.3 is 9.80 Å². The smallest absolute Gasteiger partial charge is 0.227 e. The molecule has 2 aliphatic heterocycles. The zero-order valence-corrected chi connectivity index (χ0v) is 14.4. The Balaban J connectivity index is 1.52. The third-order valence-electron chi connectivity index (χ3n) is 4.86. The van der Waals surface area contributed by atoms with Gasteiger partial charge in [0.1, 0.15) is 0 Å². The molecule has 122 valence electrons. The first-order valence-electron chi connectivity index (χ1n) is 8.43. The average Bonchev–Trinajstić information content (AvgIpc) is 2.91. The minimum atomic E-state index is 0.224. The van der Waals surface area contributed by atoms with E-state index in [1.807, 2.05) is 0 Å². The van der Waals surface area contributed by atoms with E-state index in [-0.39, 0.29) is 5.92 Å². The van der Waals surface area contributed by atoms with Crippen LogP contribution in [0.25, 0.3) is 0 Å². The number of piperidine rings is 1. The first kappa shape index (κ1) is 16.0. The van der Waals surface area contributed by atoms with Crippen LogP contribution in [0.15, 0.2) is 16.8 Å². The molecular weight excluding hydrogens is 294 g/mol. The van der Waals surface area contributed by atoms with Crippen LogP contribution in [0.5, 0.6) is 0 Å². The third-order valence-corrected chi connectivity index (χ3v) is 5.59. The fraction of sp³-hybridized carbons (Fsp3) is 0.706. The average molecular weight is 321 g/mol. The van der Waals surface area contributed by atoms with Crippen molar-refractivity contribution in [2.24, 2.45) is 5.92 Å². The van der Waals surface area contributed by atoms with Crippen LogP contribution in [-0.4, -0.2) is 66.9 Å². The predicted molar refractivity (Wildman–Crippen MR) is 91.0 cm³/mol. The van der Waals surface area contributed by atoms with Gasteiger partial charge >= 0.3 is 0 Å². The molecule has 1 unspecified atom stereocenters. The normalized spacial score (nSPS) is 25.1. The minimum absolute atomic E-state index is 0.224. The van der Waals surface area contributed by atoms with Crippen LogP contribution in [0.3, 0.4) is 0 Å². The quantitative estimate of drug-likeness (QED) is 0.853. The Hall–Kier alpha value is -0.910. The summed E-state index contributed by atoms with van der Waals surface area (Å²) in [6.07, 6.45) is 3.32. The highest BCUT2D eigenvalue weighted by molar-refractivity contribution is 7.07. The predicted octanol–water partition coefficient (Wildman–Crippen LogP) is 2.12. The summed E-state index contributed by atoms with van der Waals surface area (Å²) in [6.45, 7) is 7.03. The number of thiophene rings is 1. The molecule has 1 atom stereocenters. The van der Waals surface area contributed by atoms with Gasteiger partial charge in [0.25, 0.3) is 0 Å². The summed E-state index contributed by atoms with van der Waals surface area (Å²) in [5, 5.41) is 4.37. The molecule has 5 heteroatoms. The van der Waals surface area contributed by atoms with Gasteiger partial charge in [-0.1, -0.05) is 0 Å². The maximum Gasteiger partial charge on any atom is 0.227 e. The van der Waals surface area contributed by atoms with Crippen molar-refractivity contribution in [1.29, 1.82) is 0 Å². The molecule has 0 N–H and O–H groups in total. The van der Waals surface area contributed by atoms with E-state index >= 15 is 0 Å². The number of nitrogens with zero attached hydrogens (tertiary/aromatic N) is 3. The Kier molecular flexibility index (Phi) is 5.50. The second kappa shape index (κ2) is 7.57. The van der Waals surface area contributed by atoms with Gasteiger partial charge in [-0.3, -0.25) is 9.69 Å². The molecule has 0 radical (unpaired) electrons. The molecule has 1 amide bonds. The van der Waals surface area contributed by atoms with Gasteiger partial charge in [-0.2, -0.15) is 11.3 Å². The first-order valence-corrected chi connectivity index (χ1v) is 9.37. The standard InChI is InChI=1S/C17H27N3OS/c1-18-6-2-4-16(13-18)17(21)20-8-3-7-19(9-10-20)12-15-5-11-22-14-15/h5,11,14,16H,2-4,6-10,12-13H2,1H3. The molecule has 0 aromatic carbocycles. The summed E-state index contributed by atoms with van der Waals surface area (Å²) >= 11 is 1.76. The Bertz CT molecular complexity index is 476. The van der Waals surface area contributed by atoms with Crippen LogP contribution in [0, 0.1) is 5.92 Å². The Morgan fingerprint density at radius 2 is 2.14 bits per heavy atom. The molecule has 2 saturated heterocycles. The summed E-state index contributed by atoms with van der Waals surface area (Å²) < 4.78 is 0. The number of carbonyl (C=O) groups is 1. The highest BCUT2D eigenvalue weighted by Gasteiger charge is 2.29. The second-order valence-electron chi connectivity index (χ2n) is 6.69. The summed E-state index contributed by atoms with van der Waals surface area (Å²) in [6, 6.07) is 2.20. The van der Waals surface area contributed by atoms with Crippen LogP contribution < -0.4 is 0 Å². The fourth-order valence-electron chi connectivity index (χ4n) is 3.62. The van der Waals surface area contributed by atoms with Crippen LogP contribution >= 0.6 is 11.3 Å². The SMILES string of the molecule is CN1CCCC(C(=O)N2CCCN(Cc3ccsc3)CC2)C1. The van der Waals surface area contributed by atoms with Gasteiger partial charge in [-0.05, 0) is 55.2 Å². The largest absolute Gasteiger partial charge is 0.341 e. The number of amides is 1. The van der Waals surface area contributed by atoms with Crippen molar-refractivity contribution in [3.63, 3.8) is 0 Å². The van der Waals surface area contributed by atoms with E-state index in [2.05, 4.69) is 38.6 Å². The highest BCUT2D eigenvalue weighted by Crippen LogP contribution is 2.19. The fourth-order valence-corrected chi connectivity index (χ4v) is 4.28. The number of rotatable bonds is 3. The van der Waals surface area contributed by atoms with Gasteiger partial charge in [0.15, 0.2) is 0 Å². The number of carbonyl (C=O) groups excluding carboxylic acids is 1. The van der Waals surface area contributed by atoms with Gasteiger partial charge in [-0.25, -0.2) is 0 Å². The molecule has 1 aromatic heterocycles. The molecule has 22 heavy (non-hydrogen) atoms. The van der Waals surface area contributed by atoms with E-state index in [1.54, 1.807) is 11.3 Å². The van der Waals surface area contributed by atoms with E-state index < -0.39 is 0 Å². The molecule has 2 fully saturated rings. The summed E-state index contributed by atoms with van der Waals surface area (Å²) in [5.74, 6) is 0.617. The lowest BCUT2D eigenvalue weighted by atomic mass is 9.97. The topological polar surface area (TPSA) is 26.8 Å². The van der Waals surface area contributed by atoms with Crippen molar-refractivity contribution < 1.29 is 4.79 Å². The van der Waals surface area contributed by atoms with Crippen LogP contribution in [0.4, 0.5) is 0 Å². The van der Waals surface area contributed by atoms with Crippen molar-refractivity contribution in [3.8, 4) is 0 Å². The number of likely N-dealkylation sites (tertiary alicyclic amines) is 1. The first-order chi connectivity index (χ1) is 10.7. The van der Waals surface area contributed by atoms with Gasteiger partial charge in [0, 0.05) is 39.3 Å². The second-order valence-corrected chi connectivity index (χ2v) is 7.47. The minimum Gasteiger partial charge on any atom is -0.341 e. The van der Waals surface area contributed by atoms with Crippen LogP contribution in [-0.2, 0) is 11.3 Å². The van der Waals surface area contributed by atoms with E-state index in [9.17, 15) is 4.79 Å². The lowest BCUT2D eigenvalue weighted by molar-refractivity contribution is -0.137. The van der Waals surface area contributed by atoms with Crippen molar-refractivity contribution >= 4 is 17.2 Å². The highest BCUT2D eigenvalue weighted by atomic mass is 32.1. The van der Waals surface area contributed by atoms with Gasteiger partial charge in [-0.15, -0.1) is 0 Å². The van der Waals surface area contributed by atoms with Crippen molar-refractivity contribution in [3.05, 3.63) is 22.4 Å². The van der Waals surface area contributed by atoms with Crippen molar-refractivity contribution in [2.75, 3.05) is 46.3 Å². The molecule has 0 spiro atoms. The zero-order chi connectivity index (χ0) is 15.4. The van der Waals surface area contributed by atoms with E-state index in [4.69, 9.17) is 0 Å². The maximum atomic E-state index is 12.8. The molecule has 4 nitrogen and oxygen atoms in total. The molecule has 0 saturated carbocycles. The van der Waals surface area contributed by atoms with E-state index in [0.717, 1.165) is 65.1 Å². The van der Waals surface area contributed by atoms with Crippen LogP contribution in [0.2, 0.25) is 0 Å². The molecule has 3 rings (SSSR count). The summed E-state index contributed by atoms with van der Waals surface area (Å²) in [7, 11) is 2.13. The van der Waals surface area contributed by atoms with Crippen molar-refractivity contribution in [2.45, 2.75) is 25.8 Å². The third kappa shape index (κ3) is 4.09.